The molecule has 92 valence electrons. The zero-order chi connectivity index (χ0) is 12.5. The Labute approximate surface area is 105 Å². The number of rotatable bonds is 3. The van der Waals surface area contributed by atoms with Gasteiger partial charge in [-0.1, -0.05) is 12.1 Å². The first-order valence-corrected chi connectivity index (χ1v) is 5.91. The quantitative estimate of drug-likeness (QED) is 0.566. The van der Waals surface area contributed by atoms with Gasteiger partial charge in [-0.05, 0) is 25.0 Å². The number of aromatic nitrogens is 2. The number of hydrogen-bond donors (Lipinski definition) is 3. The van der Waals surface area contributed by atoms with Gasteiger partial charge in [-0.25, -0.2) is 15.8 Å². The van der Waals surface area contributed by atoms with E-state index >= 15 is 0 Å². The van der Waals surface area contributed by atoms with Gasteiger partial charge in [0.15, 0.2) is 5.82 Å². The number of phenols is 1. The molecule has 1 aromatic heterocycles. The Kier molecular flexibility index (Phi) is 2.60. The van der Waals surface area contributed by atoms with E-state index in [9.17, 15) is 5.11 Å². The van der Waals surface area contributed by atoms with E-state index in [4.69, 9.17) is 5.84 Å². The van der Waals surface area contributed by atoms with Gasteiger partial charge in [0.1, 0.15) is 11.6 Å². The largest absolute Gasteiger partial charge is 0.508 e. The molecule has 3 rings (SSSR count). The lowest BCUT2D eigenvalue weighted by Crippen LogP contribution is -2.10. The van der Waals surface area contributed by atoms with Gasteiger partial charge in [0.2, 0.25) is 0 Å². The summed E-state index contributed by atoms with van der Waals surface area (Å²) < 4.78 is 0. The van der Waals surface area contributed by atoms with Crippen LogP contribution in [0.25, 0.3) is 11.4 Å². The topological polar surface area (TPSA) is 84.1 Å². The summed E-state index contributed by atoms with van der Waals surface area (Å²) in [7, 11) is 0. The van der Waals surface area contributed by atoms with Gasteiger partial charge >= 0.3 is 0 Å². The first-order valence-electron chi connectivity index (χ1n) is 5.91. The fourth-order valence-electron chi connectivity index (χ4n) is 1.90. The molecule has 2 aromatic rings. The van der Waals surface area contributed by atoms with Gasteiger partial charge < -0.3 is 10.5 Å². The van der Waals surface area contributed by atoms with Crippen molar-refractivity contribution in [3.8, 4) is 17.1 Å². The van der Waals surface area contributed by atoms with Crippen molar-refractivity contribution in [2.75, 3.05) is 5.43 Å². The highest BCUT2D eigenvalue weighted by Crippen LogP contribution is 2.40. The highest BCUT2D eigenvalue weighted by atomic mass is 16.3. The number of nitrogens with one attached hydrogen (secondary N) is 1. The van der Waals surface area contributed by atoms with Crippen LogP contribution in [0, 0.1) is 0 Å². The summed E-state index contributed by atoms with van der Waals surface area (Å²) >= 11 is 0. The third kappa shape index (κ3) is 2.12. The minimum Gasteiger partial charge on any atom is -0.508 e. The summed E-state index contributed by atoms with van der Waals surface area (Å²) in [5, 5.41) is 9.50. The molecular weight excluding hydrogens is 228 g/mol. The van der Waals surface area contributed by atoms with Crippen LogP contribution in [0.3, 0.4) is 0 Å². The maximum absolute atomic E-state index is 9.50. The van der Waals surface area contributed by atoms with Crippen LogP contribution in [0.1, 0.15) is 24.5 Å². The summed E-state index contributed by atoms with van der Waals surface area (Å²) in [6, 6.07) is 8.78. The van der Waals surface area contributed by atoms with Crippen molar-refractivity contribution in [3.05, 3.63) is 36.0 Å². The van der Waals surface area contributed by atoms with Crippen molar-refractivity contribution in [2.45, 2.75) is 18.8 Å². The Balaban J connectivity index is 2.07. The van der Waals surface area contributed by atoms with Crippen molar-refractivity contribution >= 4 is 5.82 Å². The number of nitrogens with two attached hydrogens (primary N) is 1. The molecule has 5 nitrogen and oxygen atoms in total. The third-order valence-electron chi connectivity index (χ3n) is 2.99. The predicted octanol–water partition coefficient (Wildman–Crippen LogP) is 2.01. The molecule has 1 heterocycles. The number of nitrogen functional groups attached to an aromatic ring is 1. The molecule has 1 fully saturated rings. The smallest absolute Gasteiger partial charge is 0.161 e. The summed E-state index contributed by atoms with van der Waals surface area (Å²) in [4.78, 5) is 8.85. The van der Waals surface area contributed by atoms with Gasteiger partial charge in [0.05, 0.1) is 0 Å². The number of benzene rings is 1. The number of phenolic OH excluding ortho intramolecular Hbond substituents is 1. The Morgan fingerprint density at radius 2 is 2.06 bits per heavy atom. The van der Waals surface area contributed by atoms with Crippen molar-refractivity contribution in [1.29, 1.82) is 0 Å². The molecule has 0 amide bonds. The van der Waals surface area contributed by atoms with E-state index in [-0.39, 0.29) is 5.75 Å². The highest BCUT2D eigenvalue weighted by molar-refractivity contribution is 5.59. The monoisotopic (exact) mass is 242 g/mol. The zero-order valence-corrected chi connectivity index (χ0v) is 9.80. The van der Waals surface area contributed by atoms with Gasteiger partial charge in [-0.2, -0.15) is 0 Å². The molecule has 0 aliphatic heterocycles. The fourth-order valence-corrected chi connectivity index (χ4v) is 1.90. The van der Waals surface area contributed by atoms with E-state index in [1.807, 2.05) is 12.1 Å². The van der Waals surface area contributed by atoms with Gasteiger partial charge in [0.25, 0.3) is 0 Å². The second kappa shape index (κ2) is 4.27. The number of nitrogens with zero attached hydrogens (tertiary/aromatic N) is 2. The SMILES string of the molecule is NNc1cc(C2CC2)nc(-c2cccc(O)c2)n1. The van der Waals surface area contributed by atoms with Crippen LogP contribution in [-0.2, 0) is 0 Å². The fraction of sp³-hybridized carbons (Fsp3) is 0.231. The summed E-state index contributed by atoms with van der Waals surface area (Å²) in [6.45, 7) is 0. The normalized spacial score (nSPS) is 14.5. The van der Waals surface area contributed by atoms with Crippen LogP contribution in [0.5, 0.6) is 5.75 Å². The minimum atomic E-state index is 0.204. The molecule has 1 saturated carbocycles. The molecule has 0 unspecified atom stereocenters. The lowest BCUT2D eigenvalue weighted by Gasteiger charge is -2.07. The lowest BCUT2D eigenvalue weighted by molar-refractivity contribution is 0.475. The van der Waals surface area contributed by atoms with E-state index in [1.54, 1.807) is 18.2 Å². The first kappa shape index (κ1) is 11.0. The van der Waals surface area contributed by atoms with Crippen LogP contribution in [-0.4, -0.2) is 15.1 Å². The number of hydrogen-bond acceptors (Lipinski definition) is 5. The Morgan fingerprint density at radius 1 is 1.22 bits per heavy atom. The Bertz CT molecular complexity index is 581. The van der Waals surface area contributed by atoms with E-state index in [0.29, 0.717) is 17.6 Å². The van der Waals surface area contributed by atoms with E-state index in [2.05, 4.69) is 15.4 Å². The van der Waals surface area contributed by atoms with E-state index in [0.717, 1.165) is 11.3 Å². The first-order chi connectivity index (χ1) is 8.76. The summed E-state index contributed by atoms with van der Waals surface area (Å²) in [6.07, 6.45) is 2.33. The molecule has 0 atom stereocenters. The third-order valence-corrected chi connectivity index (χ3v) is 2.99. The van der Waals surface area contributed by atoms with E-state index < -0.39 is 0 Å². The van der Waals surface area contributed by atoms with Crippen LogP contribution in [0.4, 0.5) is 5.82 Å². The molecule has 0 saturated heterocycles. The average molecular weight is 242 g/mol. The second-order valence-electron chi connectivity index (χ2n) is 4.47. The van der Waals surface area contributed by atoms with Gasteiger partial charge in [0, 0.05) is 23.2 Å². The van der Waals surface area contributed by atoms with Crippen LogP contribution >= 0.6 is 0 Å². The minimum absolute atomic E-state index is 0.204. The number of anilines is 1. The Hall–Kier alpha value is -2.14. The van der Waals surface area contributed by atoms with Crippen molar-refractivity contribution in [3.63, 3.8) is 0 Å². The predicted molar refractivity (Wildman–Crippen MR) is 68.9 cm³/mol. The molecule has 0 spiro atoms. The molecule has 0 radical (unpaired) electrons. The lowest BCUT2D eigenvalue weighted by atomic mass is 10.2. The van der Waals surface area contributed by atoms with Crippen LogP contribution < -0.4 is 11.3 Å². The van der Waals surface area contributed by atoms with Crippen molar-refractivity contribution in [2.24, 2.45) is 5.84 Å². The molecule has 5 heteroatoms. The zero-order valence-electron chi connectivity index (χ0n) is 9.80. The molecule has 1 aliphatic carbocycles. The van der Waals surface area contributed by atoms with Crippen molar-refractivity contribution in [1.82, 2.24) is 9.97 Å². The Morgan fingerprint density at radius 3 is 2.72 bits per heavy atom. The van der Waals surface area contributed by atoms with Crippen molar-refractivity contribution < 1.29 is 5.11 Å². The molecule has 1 aliphatic rings. The maximum Gasteiger partial charge on any atom is 0.161 e. The van der Waals surface area contributed by atoms with Crippen LogP contribution in [0.2, 0.25) is 0 Å². The maximum atomic E-state index is 9.50. The molecule has 1 aromatic carbocycles. The van der Waals surface area contributed by atoms with E-state index in [1.165, 1.54) is 12.8 Å². The van der Waals surface area contributed by atoms with Gasteiger partial charge in [-0.15, -0.1) is 0 Å². The summed E-state index contributed by atoms with van der Waals surface area (Å²) in [5.74, 6) is 7.34. The molecular formula is C13H14N4O. The van der Waals surface area contributed by atoms with Crippen LogP contribution in [0.15, 0.2) is 30.3 Å². The summed E-state index contributed by atoms with van der Waals surface area (Å²) in [5.41, 5.74) is 4.36. The molecule has 18 heavy (non-hydrogen) atoms. The number of hydrazine groups is 1. The standard InChI is InChI=1S/C13H14N4O/c14-17-12-7-11(8-4-5-8)15-13(16-12)9-2-1-3-10(18)6-9/h1-3,6-8,18H,4-5,14H2,(H,15,16,17). The highest BCUT2D eigenvalue weighted by Gasteiger charge is 2.26. The molecule has 4 N–H and O–H groups in total. The number of aromatic hydroxyl groups is 1. The molecule has 0 bridgehead atoms. The average Bonchev–Trinajstić information content (AvgIpc) is 3.22. The van der Waals surface area contributed by atoms with Gasteiger partial charge in [-0.3, -0.25) is 0 Å². The second-order valence-corrected chi connectivity index (χ2v) is 4.47.